The Kier molecular flexibility index (Phi) is 3.64. The minimum absolute atomic E-state index is 0.192. The number of aryl methyl sites for hydroxylation is 1. The van der Waals surface area contributed by atoms with E-state index in [9.17, 15) is 17.6 Å². The molecule has 0 radical (unpaired) electrons. The third-order valence-electron chi connectivity index (χ3n) is 1.30. The lowest BCUT2D eigenvalue weighted by Gasteiger charge is -2.07. The maximum atomic E-state index is 11.8. The lowest BCUT2D eigenvalue weighted by Crippen LogP contribution is -2.09. The first kappa shape index (κ1) is 11.5. The van der Waals surface area contributed by atoms with Crippen molar-refractivity contribution in [2.75, 3.05) is 0 Å². The average Bonchev–Trinajstić information content (AvgIpc) is 2.09. The van der Waals surface area contributed by atoms with E-state index >= 15 is 0 Å². The van der Waals surface area contributed by atoms with Gasteiger partial charge in [0.2, 0.25) is 5.88 Å². The smallest absolute Gasteiger partial charge is 0.389 e. The molecule has 0 unspecified atom stereocenters. The average molecular weight is 226 g/mol. The molecule has 0 aromatic carbocycles. The summed E-state index contributed by atoms with van der Waals surface area (Å²) in [5.41, 5.74) is 0.192. The molecule has 1 rings (SSSR count). The van der Waals surface area contributed by atoms with Crippen LogP contribution in [0.15, 0.2) is 6.20 Å². The highest BCUT2D eigenvalue weighted by molar-refractivity contribution is 5.23. The Morgan fingerprint density at radius 2 is 1.73 bits per heavy atom. The highest BCUT2D eigenvalue weighted by Gasteiger charge is 2.13. The largest absolute Gasteiger partial charge is 0.416 e. The summed E-state index contributed by atoms with van der Waals surface area (Å²) < 4.78 is 54.9. The first-order valence-electron chi connectivity index (χ1n) is 3.72. The normalized spacial score (nSPS) is 10.9. The Hall–Kier alpha value is -1.60. The van der Waals surface area contributed by atoms with Crippen molar-refractivity contribution < 1.29 is 27.0 Å². The van der Waals surface area contributed by atoms with Gasteiger partial charge in [-0.25, -0.2) is 4.98 Å². The van der Waals surface area contributed by atoms with Crippen LogP contribution in [0.25, 0.3) is 0 Å². The fourth-order valence-electron chi connectivity index (χ4n) is 0.751. The Bertz CT molecular complexity index is 335. The van der Waals surface area contributed by atoms with E-state index in [0.717, 1.165) is 6.20 Å². The summed E-state index contributed by atoms with van der Waals surface area (Å²) >= 11 is 0. The number of aromatic nitrogens is 2. The molecule has 0 atom stereocenters. The van der Waals surface area contributed by atoms with Crippen LogP contribution in [0.5, 0.6) is 11.9 Å². The number of hydrogen-bond donors (Lipinski definition) is 0. The van der Waals surface area contributed by atoms with Gasteiger partial charge in [-0.2, -0.15) is 22.5 Å². The molecule has 0 aliphatic rings. The minimum Gasteiger partial charge on any atom is -0.416 e. The van der Waals surface area contributed by atoms with Crippen molar-refractivity contribution >= 4 is 0 Å². The number of rotatable bonds is 4. The molecule has 0 saturated carbocycles. The monoisotopic (exact) mass is 226 g/mol. The maximum absolute atomic E-state index is 11.8. The van der Waals surface area contributed by atoms with Crippen molar-refractivity contribution in [3.63, 3.8) is 0 Å². The molecular weight excluding hydrogens is 220 g/mol. The van der Waals surface area contributed by atoms with Gasteiger partial charge in [-0.15, -0.1) is 0 Å². The molecule has 0 aliphatic carbocycles. The molecule has 0 aliphatic heterocycles. The van der Waals surface area contributed by atoms with Gasteiger partial charge in [-0.1, -0.05) is 0 Å². The zero-order valence-corrected chi connectivity index (χ0v) is 7.45. The van der Waals surface area contributed by atoms with Crippen LogP contribution in [0.3, 0.4) is 0 Å². The van der Waals surface area contributed by atoms with Gasteiger partial charge in [0.25, 0.3) is 0 Å². The molecule has 0 spiro atoms. The molecule has 0 amide bonds. The third-order valence-corrected chi connectivity index (χ3v) is 1.30. The molecule has 84 valence electrons. The first-order chi connectivity index (χ1) is 6.99. The summed E-state index contributed by atoms with van der Waals surface area (Å²) in [4.78, 5) is 6.59. The van der Waals surface area contributed by atoms with Crippen molar-refractivity contribution in [3.05, 3.63) is 11.8 Å². The third kappa shape index (κ3) is 3.56. The Balaban J connectivity index is 2.85. The van der Waals surface area contributed by atoms with Crippen LogP contribution in [0.1, 0.15) is 5.56 Å². The number of ether oxygens (including phenoxy) is 2. The Labute approximate surface area is 81.9 Å². The molecule has 8 heteroatoms. The van der Waals surface area contributed by atoms with E-state index in [0.29, 0.717) is 0 Å². The van der Waals surface area contributed by atoms with Crippen LogP contribution < -0.4 is 9.47 Å². The molecule has 1 aromatic heterocycles. The van der Waals surface area contributed by atoms with Crippen LogP contribution in [0.4, 0.5) is 17.6 Å². The number of alkyl halides is 4. The predicted octanol–water partition coefficient (Wildman–Crippen LogP) is 1.99. The van der Waals surface area contributed by atoms with Crippen LogP contribution in [0, 0.1) is 6.92 Å². The SMILES string of the molecule is Cc1cnc(OC(F)F)nc1OC(F)F. The maximum Gasteiger partial charge on any atom is 0.389 e. The fraction of sp³-hybridized carbons (Fsp3) is 0.429. The van der Waals surface area contributed by atoms with Crippen molar-refractivity contribution in [2.45, 2.75) is 20.1 Å². The molecule has 0 N–H and O–H groups in total. The predicted molar refractivity (Wildman–Crippen MR) is 40.0 cm³/mol. The van der Waals surface area contributed by atoms with Gasteiger partial charge in [0.1, 0.15) is 0 Å². The molecule has 0 saturated heterocycles. The molecule has 1 heterocycles. The number of nitrogens with zero attached hydrogens (tertiary/aromatic N) is 2. The van der Waals surface area contributed by atoms with E-state index in [-0.39, 0.29) is 5.56 Å². The summed E-state index contributed by atoms with van der Waals surface area (Å²) in [6.07, 6.45) is 1.04. The molecule has 4 nitrogen and oxygen atoms in total. The van der Waals surface area contributed by atoms with Gasteiger partial charge in [0.15, 0.2) is 0 Å². The van der Waals surface area contributed by atoms with E-state index in [2.05, 4.69) is 19.4 Å². The topological polar surface area (TPSA) is 44.2 Å². The van der Waals surface area contributed by atoms with E-state index < -0.39 is 25.1 Å². The lowest BCUT2D eigenvalue weighted by molar-refractivity contribution is -0.0627. The molecule has 15 heavy (non-hydrogen) atoms. The van der Waals surface area contributed by atoms with Gasteiger partial charge in [0, 0.05) is 11.8 Å². The van der Waals surface area contributed by atoms with Crippen LogP contribution >= 0.6 is 0 Å². The second-order valence-corrected chi connectivity index (χ2v) is 2.40. The van der Waals surface area contributed by atoms with Crippen molar-refractivity contribution in [1.82, 2.24) is 9.97 Å². The van der Waals surface area contributed by atoms with Crippen LogP contribution in [0.2, 0.25) is 0 Å². The second kappa shape index (κ2) is 4.76. The van der Waals surface area contributed by atoms with E-state index in [1.807, 2.05) is 0 Å². The van der Waals surface area contributed by atoms with E-state index in [4.69, 9.17) is 0 Å². The summed E-state index contributed by atoms with van der Waals surface area (Å²) in [6.45, 7) is -4.81. The zero-order valence-electron chi connectivity index (χ0n) is 7.45. The number of halogens is 4. The highest BCUT2D eigenvalue weighted by atomic mass is 19.3. The standard InChI is InChI=1S/C7H6F4N2O2/c1-3-2-12-7(15-6(10)11)13-4(3)14-5(8)9/h2,5-6H,1H3. The van der Waals surface area contributed by atoms with Crippen LogP contribution in [-0.2, 0) is 0 Å². The van der Waals surface area contributed by atoms with Crippen molar-refractivity contribution in [3.8, 4) is 11.9 Å². The van der Waals surface area contributed by atoms with Crippen molar-refractivity contribution in [2.24, 2.45) is 0 Å². The Morgan fingerprint density at radius 3 is 2.27 bits per heavy atom. The fourth-order valence-corrected chi connectivity index (χ4v) is 0.751. The van der Waals surface area contributed by atoms with Gasteiger partial charge in [-0.3, -0.25) is 0 Å². The molecule has 0 fully saturated rings. The molecular formula is C7H6F4N2O2. The van der Waals surface area contributed by atoms with Gasteiger partial charge in [0.05, 0.1) is 0 Å². The van der Waals surface area contributed by atoms with Gasteiger partial charge >= 0.3 is 19.2 Å². The van der Waals surface area contributed by atoms with E-state index in [1.54, 1.807) is 0 Å². The summed E-state index contributed by atoms with van der Waals surface area (Å²) in [7, 11) is 0. The zero-order chi connectivity index (χ0) is 11.4. The quantitative estimate of drug-likeness (QED) is 0.736. The number of hydrogen-bond acceptors (Lipinski definition) is 4. The highest BCUT2D eigenvalue weighted by Crippen LogP contribution is 2.19. The summed E-state index contributed by atoms with van der Waals surface area (Å²) in [6, 6.07) is -0.716. The van der Waals surface area contributed by atoms with E-state index in [1.165, 1.54) is 6.92 Å². The van der Waals surface area contributed by atoms with Crippen molar-refractivity contribution in [1.29, 1.82) is 0 Å². The first-order valence-corrected chi connectivity index (χ1v) is 3.72. The van der Waals surface area contributed by atoms with Crippen LogP contribution in [-0.4, -0.2) is 23.2 Å². The summed E-state index contributed by atoms with van der Waals surface area (Å²) in [5.74, 6) is -0.490. The summed E-state index contributed by atoms with van der Waals surface area (Å²) in [5, 5.41) is 0. The second-order valence-electron chi connectivity index (χ2n) is 2.40. The Morgan fingerprint density at radius 1 is 1.13 bits per heavy atom. The molecule has 0 bridgehead atoms. The lowest BCUT2D eigenvalue weighted by atomic mass is 10.4. The molecule has 1 aromatic rings. The van der Waals surface area contributed by atoms with Gasteiger partial charge in [-0.05, 0) is 6.92 Å². The minimum atomic E-state index is -3.12. The van der Waals surface area contributed by atoms with Gasteiger partial charge < -0.3 is 9.47 Å².